The summed E-state index contributed by atoms with van der Waals surface area (Å²) in [6.07, 6.45) is 16.8. The molecule has 0 atom stereocenters. The van der Waals surface area contributed by atoms with Crippen molar-refractivity contribution in [2.75, 3.05) is 0 Å². The molecule has 0 aliphatic heterocycles. The average molecular weight is 377 g/mol. The first kappa shape index (κ1) is 19.7. The van der Waals surface area contributed by atoms with E-state index in [1.54, 1.807) is 0 Å². The van der Waals surface area contributed by atoms with E-state index in [4.69, 9.17) is 0 Å². The van der Waals surface area contributed by atoms with Gasteiger partial charge in [0.25, 0.3) is 5.76 Å². The molecule has 0 heterocycles. The lowest BCUT2D eigenvalue weighted by atomic mass is 9.72. The topological polar surface area (TPSA) is 0 Å². The summed E-state index contributed by atoms with van der Waals surface area (Å²) >= 11 is 0.839. The van der Waals surface area contributed by atoms with E-state index in [1.165, 1.54) is 37.7 Å². The van der Waals surface area contributed by atoms with E-state index in [0.29, 0.717) is 5.92 Å². The predicted octanol–water partition coefficient (Wildman–Crippen LogP) is 7.59. The third kappa shape index (κ3) is 4.79. The van der Waals surface area contributed by atoms with Crippen molar-refractivity contribution in [2.24, 2.45) is 11.8 Å². The Hall–Kier alpha value is -1.09. The van der Waals surface area contributed by atoms with Crippen molar-refractivity contribution in [3.05, 3.63) is 60.2 Å². The Balaban J connectivity index is 1.70. The van der Waals surface area contributed by atoms with Crippen LogP contribution in [0.5, 0.6) is 0 Å². The molecule has 2 aliphatic carbocycles. The minimum Gasteiger partial charge on any atom is -0.198 e. The van der Waals surface area contributed by atoms with E-state index in [2.05, 4.69) is 43.4 Å². The van der Waals surface area contributed by atoms with Crippen molar-refractivity contribution < 1.29 is 8.78 Å². The van der Waals surface area contributed by atoms with Crippen molar-refractivity contribution in [3.63, 3.8) is 0 Å². The van der Waals surface area contributed by atoms with Crippen LogP contribution in [-0.4, -0.2) is 10.5 Å². The summed E-state index contributed by atoms with van der Waals surface area (Å²) in [7, 11) is 0. The molecule has 1 saturated carbocycles. The number of allylic oxidation sites excluding steroid dienone is 2. The predicted molar refractivity (Wildman–Crippen MR) is 109 cm³/mol. The summed E-state index contributed by atoms with van der Waals surface area (Å²) in [6.45, 7) is 2.24. The molecular formula is C23H30F2S. The smallest absolute Gasteiger partial charge is 0.198 e. The van der Waals surface area contributed by atoms with Crippen molar-refractivity contribution >= 4 is 11.8 Å². The third-order valence-electron chi connectivity index (χ3n) is 6.06. The largest absolute Gasteiger partial charge is 0.285 e. The van der Waals surface area contributed by atoms with Gasteiger partial charge in [0.2, 0.25) is 0 Å². The van der Waals surface area contributed by atoms with Crippen LogP contribution in [0.15, 0.2) is 54.6 Å². The maximum atomic E-state index is 13.4. The molecule has 0 radical (unpaired) electrons. The molecule has 0 nitrogen and oxygen atoms in total. The van der Waals surface area contributed by atoms with Crippen LogP contribution >= 0.6 is 11.8 Å². The molecule has 0 unspecified atom stereocenters. The highest BCUT2D eigenvalue weighted by atomic mass is 32.2. The van der Waals surface area contributed by atoms with Crippen molar-refractivity contribution in [1.29, 1.82) is 0 Å². The fourth-order valence-electron chi connectivity index (χ4n) is 4.52. The number of halogens is 2. The highest BCUT2D eigenvalue weighted by molar-refractivity contribution is 8.01. The van der Waals surface area contributed by atoms with Crippen molar-refractivity contribution in [1.82, 2.24) is 0 Å². The molecule has 1 aromatic rings. The normalized spacial score (nSPS) is 31.5. The quantitative estimate of drug-likeness (QED) is 0.442. The number of unbranched alkanes of at least 4 members (excludes halogenated alkanes) is 1. The molecule has 0 spiro atoms. The zero-order valence-corrected chi connectivity index (χ0v) is 16.4. The zero-order valence-electron chi connectivity index (χ0n) is 15.6. The van der Waals surface area contributed by atoms with Crippen LogP contribution in [0, 0.1) is 11.8 Å². The van der Waals surface area contributed by atoms with Gasteiger partial charge in [0.15, 0.2) is 0 Å². The molecule has 142 valence electrons. The lowest BCUT2D eigenvalue weighted by molar-refractivity contribution is 0.232. The Morgan fingerprint density at radius 2 is 1.69 bits per heavy atom. The van der Waals surface area contributed by atoms with Crippen LogP contribution in [-0.2, 0) is 0 Å². The third-order valence-corrected chi connectivity index (χ3v) is 7.25. The SMILES string of the molecule is CCCC[C@H]1CC[C@H](C2(SC(F)F)C=CC(c3ccccc3)C=C2)CC1. The van der Waals surface area contributed by atoms with Gasteiger partial charge in [-0.05, 0) is 30.2 Å². The van der Waals surface area contributed by atoms with Crippen LogP contribution in [0.2, 0.25) is 0 Å². The first-order chi connectivity index (χ1) is 12.6. The molecule has 3 heteroatoms. The van der Waals surface area contributed by atoms with Gasteiger partial charge in [-0.1, -0.05) is 105 Å². The number of benzene rings is 1. The molecule has 2 aliphatic rings. The Labute approximate surface area is 161 Å². The molecule has 0 aromatic heterocycles. The second-order valence-electron chi connectivity index (χ2n) is 7.75. The van der Waals surface area contributed by atoms with E-state index in [-0.39, 0.29) is 5.92 Å². The molecule has 0 saturated heterocycles. The van der Waals surface area contributed by atoms with Crippen LogP contribution in [0.1, 0.15) is 63.4 Å². The number of alkyl halides is 2. The lowest BCUT2D eigenvalue weighted by Crippen LogP contribution is -2.36. The molecule has 1 aromatic carbocycles. The van der Waals surface area contributed by atoms with Crippen LogP contribution < -0.4 is 0 Å². The van der Waals surface area contributed by atoms with Gasteiger partial charge in [0.05, 0.1) is 4.75 Å². The summed E-state index contributed by atoms with van der Waals surface area (Å²) in [5, 5.41) is 0. The Kier molecular flexibility index (Phi) is 6.97. The minimum atomic E-state index is -2.34. The molecule has 0 amide bonds. The highest BCUT2D eigenvalue weighted by Gasteiger charge is 2.40. The lowest BCUT2D eigenvalue weighted by Gasteiger charge is -2.41. The summed E-state index contributed by atoms with van der Waals surface area (Å²) in [5.41, 5.74) is 1.22. The number of thioether (sulfide) groups is 1. The molecule has 0 N–H and O–H groups in total. The van der Waals surface area contributed by atoms with Crippen LogP contribution in [0.3, 0.4) is 0 Å². The molecule has 3 rings (SSSR count). The molecular weight excluding hydrogens is 346 g/mol. The first-order valence-corrected chi connectivity index (χ1v) is 10.9. The Morgan fingerprint density at radius 3 is 2.27 bits per heavy atom. The molecule has 1 fully saturated rings. The van der Waals surface area contributed by atoms with Gasteiger partial charge in [-0.3, -0.25) is 0 Å². The van der Waals surface area contributed by atoms with E-state index < -0.39 is 10.5 Å². The summed E-state index contributed by atoms with van der Waals surface area (Å²) < 4.78 is 26.2. The van der Waals surface area contributed by atoms with Crippen molar-refractivity contribution in [2.45, 2.75) is 68.3 Å². The second-order valence-corrected chi connectivity index (χ2v) is 9.05. The highest BCUT2D eigenvalue weighted by Crippen LogP contribution is 2.49. The first-order valence-electron chi connectivity index (χ1n) is 10.0. The van der Waals surface area contributed by atoms with E-state index in [1.807, 2.05) is 18.2 Å². The van der Waals surface area contributed by atoms with Gasteiger partial charge < -0.3 is 0 Å². The van der Waals surface area contributed by atoms with E-state index in [9.17, 15) is 8.78 Å². The maximum Gasteiger partial charge on any atom is 0.285 e. The summed E-state index contributed by atoms with van der Waals surface area (Å²) in [5.74, 6) is -1.02. The number of hydrogen-bond donors (Lipinski definition) is 0. The standard InChI is InChI=1S/C23H30F2S/c1-2-3-7-18-10-12-21(13-11-18)23(26-22(24)25)16-14-20(15-17-23)19-8-5-4-6-9-19/h4-6,8-9,14-18,20-22H,2-3,7,10-13H2,1H3/t18-,20?,21-,23?. The van der Waals surface area contributed by atoms with Gasteiger partial charge in [-0.2, -0.15) is 8.78 Å². The summed E-state index contributed by atoms with van der Waals surface area (Å²) in [4.78, 5) is 0. The monoisotopic (exact) mass is 376 g/mol. The van der Waals surface area contributed by atoms with Crippen LogP contribution in [0.25, 0.3) is 0 Å². The minimum absolute atomic E-state index is 0.198. The van der Waals surface area contributed by atoms with E-state index >= 15 is 0 Å². The van der Waals surface area contributed by atoms with Gasteiger partial charge in [0, 0.05) is 5.92 Å². The van der Waals surface area contributed by atoms with Gasteiger partial charge in [-0.25, -0.2) is 0 Å². The summed E-state index contributed by atoms with van der Waals surface area (Å²) in [6, 6.07) is 10.3. The number of hydrogen-bond acceptors (Lipinski definition) is 1. The maximum absolute atomic E-state index is 13.4. The molecule has 26 heavy (non-hydrogen) atoms. The Bertz CT molecular complexity index is 586. The van der Waals surface area contributed by atoms with Gasteiger partial charge in [0.1, 0.15) is 0 Å². The zero-order chi connectivity index (χ0) is 18.4. The van der Waals surface area contributed by atoms with Crippen molar-refractivity contribution in [3.8, 4) is 0 Å². The van der Waals surface area contributed by atoms with Gasteiger partial charge in [-0.15, -0.1) is 0 Å². The fraction of sp³-hybridized carbons (Fsp3) is 0.565. The van der Waals surface area contributed by atoms with Crippen LogP contribution in [0.4, 0.5) is 8.78 Å². The average Bonchev–Trinajstić information content (AvgIpc) is 2.67. The number of rotatable bonds is 7. The fourth-order valence-corrected chi connectivity index (χ4v) is 5.57. The van der Waals surface area contributed by atoms with Gasteiger partial charge >= 0.3 is 0 Å². The molecule has 0 bridgehead atoms. The Morgan fingerprint density at radius 1 is 1.04 bits per heavy atom. The second kappa shape index (κ2) is 9.21. The van der Waals surface area contributed by atoms with E-state index in [0.717, 1.165) is 30.5 Å².